The highest BCUT2D eigenvalue weighted by molar-refractivity contribution is 6.76. The fraction of sp³-hybridized carbons (Fsp3) is 0.714. The monoisotopic (exact) mass is 1190 g/mol. The van der Waals surface area contributed by atoms with E-state index in [1.54, 1.807) is 0 Å². The second-order valence-corrected chi connectivity index (χ2v) is 36.7. The molecule has 0 aliphatic carbocycles. The molecule has 2 aliphatic rings. The number of carbonyl (C=O) groups excluding carboxylic acids is 12. The van der Waals surface area contributed by atoms with Crippen LogP contribution in [0.4, 0.5) is 9.59 Å². The molecule has 4 atom stereocenters. The van der Waals surface area contributed by atoms with Crippen LogP contribution in [0.15, 0.2) is 24.3 Å². The van der Waals surface area contributed by atoms with Crippen molar-refractivity contribution in [3.05, 3.63) is 24.3 Å². The Morgan fingerprint density at radius 3 is 1.16 bits per heavy atom. The van der Waals surface area contributed by atoms with Gasteiger partial charge in [-0.1, -0.05) is 87.7 Å². The molecule has 24 nitrogen and oxygen atoms in total. The third kappa shape index (κ3) is 28.0. The average Bonchev–Trinajstić information content (AvgIpc) is 3.87. The summed E-state index contributed by atoms with van der Waals surface area (Å²) in [4.78, 5) is 162. The molecule has 2 rings (SSSR count). The van der Waals surface area contributed by atoms with E-state index in [0.29, 0.717) is 25.7 Å². The van der Waals surface area contributed by atoms with Crippen LogP contribution < -0.4 is 42.5 Å². The van der Waals surface area contributed by atoms with E-state index >= 15 is 4.79 Å². The fourth-order valence-corrected chi connectivity index (χ4v) is 10.6. The minimum Gasteiger partial charge on any atom is -0.450 e. The Morgan fingerprint density at radius 1 is 0.476 bits per heavy atom. The Labute approximate surface area is 486 Å². The van der Waals surface area contributed by atoms with E-state index in [1.165, 1.54) is 0 Å². The van der Waals surface area contributed by atoms with Gasteiger partial charge >= 0.3 is 12.2 Å². The minimum absolute atomic E-state index is 0.00574. The molecule has 0 bridgehead atoms. The number of alkyl carbamates (subject to hydrolysis) is 2. The molecule has 0 spiro atoms. The number of carbonyl (C=O) groups is 12. The van der Waals surface area contributed by atoms with Crippen LogP contribution in [0.5, 0.6) is 0 Å². The first-order valence-electron chi connectivity index (χ1n) is 28.8. The Balaban J connectivity index is 2.63. The second kappa shape index (κ2) is 34.2. The first kappa shape index (κ1) is 71.7. The molecule has 82 heavy (non-hydrogen) atoms. The van der Waals surface area contributed by atoms with Gasteiger partial charge in [-0.25, -0.2) is 9.59 Å². The zero-order valence-electron chi connectivity index (χ0n) is 50.9. The van der Waals surface area contributed by atoms with Crippen LogP contribution in [0.2, 0.25) is 51.4 Å². The molecule has 0 aromatic rings. The van der Waals surface area contributed by atoms with Crippen LogP contribution in [0.1, 0.15) is 113 Å². The summed E-state index contributed by atoms with van der Waals surface area (Å²) >= 11 is 0. The smallest absolute Gasteiger partial charge is 0.407 e. The van der Waals surface area contributed by atoms with Gasteiger partial charge in [0.1, 0.15) is 24.2 Å². The first-order chi connectivity index (χ1) is 38.1. The number of imide groups is 2. The molecule has 8 N–H and O–H groups in total. The summed E-state index contributed by atoms with van der Waals surface area (Å²) in [6.07, 6.45) is 3.99. The second-order valence-electron chi connectivity index (χ2n) is 25.4. The lowest BCUT2D eigenvalue weighted by molar-refractivity contribution is -0.140. The van der Waals surface area contributed by atoms with E-state index in [4.69, 9.17) is 9.47 Å². The number of unbranched alkanes of at least 4 members (excludes halogenated alkanes) is 2. The molecule has 0 fully saturated rings. The van der Waals surface area contributed by atoms with Gasteiger partial charge in [0.05, 0.1) is 13.2 Å². The third-order valence-corrected chi connectivity index (χ3v) is 17.1. The molecule has 0 radical (unpaired) electrons. The van der Waals surface area contributed by atoms with Gasteiger partial charge < -0.3 is 52.0 Å². The topological polar surface area (TPSA) is 326 Å². The first-order valence-corrected chi connectivity index (χ1v) is 36.2. The number of rotatable bonds is 36. The number of nitrogens with one attached hydrogen (secondary N) is 8. The Morgan fingerprint density at radius 2 is 0.829 bits per heavy atom. The summed E-state index contributed by atoms with van der Waals surface area (Å²) in [5.74, 6) is -8.10. The van der Waals surface area contributed by atoms with Crippen LogP contribution in [0.25, 0.3) is 0 Å². The molecule has 26 heteroatoms. The molecule has 12 amide bonds. The lowest BCUT2D eigenvalue weighted by Gasteiger charge is -2.41. The minimum atomic E-state index is -2.07. The van der Waals surface area contributed by atoms with Gasteiger partial charge in [0.15, 0.2) is 0 Å². The maximum Gasteiger partial charge on any atom is 0.407 e. The Hall–Kier alpha value is -6.45. The van der Waals surface area contributed by atoms with Crippen LogP contribution in [-0.2, 0) is 57.4 Å². The van der Waals surface area contributed by atoms with Gasteiger partial charge in [-0.2, -0.15) is 0 Å². The van der Waals surface area contributed by atoms with Crippen molar-refractivity contribution >= 4 is 87.4 Å². The molecule has 0 aromatic carbocycles. The lowest BCUT2D eigenvalue weighted by atomic mass is 9.65. The van der Waals surface area contributed by atoms with Crippen LogP contribution in [0, 0.1) is 16.7 Å². The zero-order valence-corrected chi connectivity index (χ0v) is 52.9. The maximum absolute atomic E-state index is 15.0. The molecule has 0 saturated heterocycles. The summed E-state index contributed by atoms with van der Waals surface area (Å²) in [7, 11) is -2.93. The molecular weight excluding hydrogens is 1090 g/mol. The van der Waals surface area contributed by atoms with Crippen LogP contribution in [-0.4, -0.2) is 174 Å². The predicted octanol–water partition coefficient (Wildman–Crippen LogP) is 3.77. The third-order valence-electron chi connectivity index (χ3n) is 13.6. The molecule has 2 aliphatic heterocycles. The van der Waals surface area contributed by atoms with E-state index in [0.717, 1.165) is 46.2 Å². The molecular formula is C56H96N10O14Si2. The van der Waals surface area contributed by atoms with Crippen molar-refractivity contribution in [1.82, 2.24) is 52.3 Å². The SMILES string of the molecule is CCCNC(=O)[C@H](CCCCNC(=O)OCC[Si](C)(C)C)NC(=O)C(NC(=O)CCN1C(=O)C=CC1=O)C(NC(=O)CCN1C(=O)C=CC1=O)C(=O)N[C@@H](CCCCNC(=O)OCC[Si](C)(C)C)C(=O)NCCC(C(C)(C)C)C(C)(C)C. The van der Waals surface area contributed by atoms with E-state index in [1.807, 2.05) is 6.92 Å². The summed E-state index contributed by atoms with van der Waals surface area (Å²) in [6, 6.07) is -5.22. The van der Waals surface area contributed by atoms with Gasteiger partial charge in [0, 0.05) is 92.6 Å². The zero-order chi connectivity index (χ0) is 62.0. The molecule has 2 unspecified atom stereocenters. The van der Waals surface area contributed by atoms with E-state index in [2.05, 4.69) is 123 Å². The molecule has 2 heterocycles. The normalized spacial score (nSPS) is 15.1. The van der Waals surface area contributed by atoms with Crippen molar-refractivity contribution in [2.75, 3.05) is 52.5 Å². The van der Waals surface area contributed by atoms with E-state index < -0.39 is 138 Å². The van der Waals surface area contributed by atoms with Crippen molar-refractivity contribution < 1.29 is 67.0 Å². The molecule has 462 valence electrons. The highest BCUT2D eigenvalue weighted by atomic mass is 28.3. The van der Waals surface area contributed by atoms with Crippen LogP contribution in [0.3, 0.4) is 0 Å². The average molecular weight is 1190 g/mol. The van der Waals surface area contributed by atoms with Gasteiger partial charge in [0.25, 0.3) is 23.6 Å². The summed E-state index contributed by atoms with van der Waals surface area (Å²) in [6.45, 7) is 27.8. The number of hydrogen-bond acceptors (Lipinski definition) is 14. The molecule has 0 saturated carbocycles. The van der Waals surface area contributed by atoms with Crippen molar-refractivity contribution in [3.63, 3.8) is 0 Å². The quantitative estimate of drug-likeness (QED) is 0.0252. The van der Waals surface area contributed by atoms with Crippen molar-refractivity contribution in [2.24, 2.45) is 16.7 Å². The van der Waals surface area contributed by atoms with Crippen molar-refractivity contribution in [1.29, 1.82) is 0 Å². The van der Waals surface area contributed by atoms with Gasteiger partial charge in [0.2, 0.25) is 35.4 Å². The summed E-state index contributed by atoms with van der Waals surface area (Å²) in [5.41, 5.74) is -0.301. The van der Waals surface area contributed by atoms with Crippen molar-refractivity contribution in [2.45, 2.75) is 188 Å². The summed E-state index contributed by atoms with van der Waals surface area (Å²) < 4.78 is 10.7. The number of ether oxygens (including phenoxy) is 2. The highest BCUT2D eigenvalue weighted by Gasteiger charge is 2.41. The predicted molar refractivity (Wildman–Crippen MR) is 315 cm³/mol. The highest BCUT2D eigenvalue weighted by Crippen LogP contribution is 2.41. The van der Waals surface area contributed by atoms with Gasteiger partial charge in [-0.15, -0.1) is 0 Å². The fourth-order valence-electron chi connectivity index (χ4n) is 9.21. The molecule has 0 aromatic heterocycles. The largest absolute Gasteiger partial charge is 0.450 e. The van der Waals surface area contributed by atoms with E-state index in [9.17, 15) is 52.7 Å². The standard InChI is InChI=1S/C56H96N10O14Si2/c1-14-28-57-49(73)38(19-15-17-29-59-53(77)79-34-36-81(8,9)10)61-51(75)47(63-41(67)26-32-65-43(69)21-22-44(65)70)48(64-42(68)27-33-66-45(71)23-24-46(66)72)52(76)62-39(20-16-18-30-60-54(78)80-35-37-82(11,12)13)50(74)58-31-25-40(55(2,3)4)56(5,6)7/h21-24,38-40,47-48H,14-20,25-37H2,1-13H3,(H,57,73)(H,58,74)(H,59,77)(H,60,78)(H,61,75)(H,62,76)(H,63,67)(H,64,68)/t38-,39-,47?,48?/m0/s1. The Bertz CT molecular complexity index is 2250. The Kier molecular flexibility index (Phi) is 29.9. The van der Waals surface area contributed by atoms with Crippen LogP contribution >= 0.6 is 0 Å². The van der Waals surface area contributed by atoms with Crippen molar-refractivity contribution in [3.8, 4) is 0 Å². The van der Waals surface area contributed by atoms with Gasteiger partial charge in [-0.05, 0) is 80.2 Å². The number of hydrogen-bond donors (Lipinski definition) is 8. The summed E-state index contributed by atoms with van der Waals surface area (Å²) in [5, 5.41) is 21.4. The number of nitrogens with zero attached hydrogens (tertiary/aromatic N) is 2. The maximum atomic E-state index is 15.0. The van der Waals surface area contributed by atoms with Gasteiger partial charge in [-0.3, -0.25) is 57.7 Å². The number of amides is 12. The van der Waals surface area contributed by atoms with E-state index in [-0.39, 0.29) is 81.8 Å². The lowest BCUT2D eigenvalue weighted by Crippen LogP contribution is -2.66.